The summed E-state index contributed by atoms with van der Waals surface area (Å²) >= 11 is 7.28. The Balaban J connectivity index is 1.97. The van der Waals surface area contributed by atoms with Crippen molar-refractivity contribution in [2.45, 2.75) is 16.7 Å². The third kappa shape index (κ3) is 4.94. The predicted molar refractivity (Wildman–Crippen MR) is 95.2 cm³/mol. The molecule has 0 aliphatic rings. The van der Waals surface area contributed by atoms with Crippen molar-refractivity contribution in [3.63, 3.8) is 0 Å². The average molecular weight is 387 g/mol. The second-order valence-electron chi connectivity index (χ2n) is 4.91. The molecule has 0 saturated heterocycles. The largest absolute Gasteiger partial charge is 0.273 e. The van der Waals surface area contributed by atoms with Gasteiger partial charge < -0.3 is 0 Å². The van der Waals surface area contributed by atoms with E-state index in [1.165, 1.54) is 23.9 Å². The molecule has 2 rings (SSSR count). The molecule has 0 amide bonds. The van der Waals surface area contributed by atoms with Gasteiger partial charge in [0, 0.05) is 33.8 Å². The average Bonchev–Trinajstić information content (AvgIpc) is 2.53. The standard InChI is InChI=1S/C15H15ClN2O4S2/c1-11-2-7-14(10-15(11)18(19)20)24(21,22)17-8-9-23-13-5-3-12(16)4-6-13/h2-7,10,17H,8-9H2,1H3. The topological polar surface area (TPSA) is 89.3 Å². The quantitative estimate of drug-likeness (QED) is 0.339. The summed E-state index contributed by atoms with van der Waals surface area (Å²) in [6.45, 7) is 1.77. The molecule has 0 fully saturated rings. The molecule has 2 aromatic rings. The highest BCUT2D eigenvalue weighted by Crippen LogP contribution is 2.23. The van der Waals surface area contributed by atoms with Crippen molar-refractivity contribution in [2.75, 3.05) is 12.3 Å². The molecule has 0 aliphatic heterocycles. The van der Waals surface area contributed by atoms with Gasteiger partial charge in [-0.05, 0) is 37.3 Å². The summed E-state index contributed by atoms with van der Waals surface area (Å²) in [5.74, 6) is 0.523. The van der Waals surface area contributed by atoms with Gasteiger partial charge in [0.25, 0.3) is 5.69 Å². The summed E-state index contributed by atoms with van der Waals surface area (Å²) in [5, 5.41) is 11.6. The van der Waals surface area contributed by atoms with Crippen LogP contribution in [-0.4, -0.2) is 25.6 Å². The number of thioether (sulfide) groups is 1. The van der Waals surface area contributed by atoms with Crippen LogP contribution in [0.4, 0.5) is 5.69 Å². The van der Waals surface area contributed by atoms with Crippen molar-refractivity contribution in [3.8, 4) is 0 Å². The van der Waals surface area contributed by atoms with Crippen molar-refractivity contribution < 1.29 is 13.3 Å². The molecule has 0 bridgehead atoms. The maximum atomic E-state index is 12.2. The number of nitro groups is 1. The van der Waals surface area contributed by atoms with Gasteiger partial charge in [-0.3, -0.25) is 10.1 Å². The van der Waals surface area contributed by atoms with Gasteiger partial charge in [-0.25, -0.2) is 13.1 Å². The van der Waals surface area contributed by atoms with Crippen LogP contribution in [0.15, 0.2) is 52.3 Å². The van der Waals surface area contributed by atoms with Gasteiger partial charge in [0.15, 0.2) is 0 Å². The van der Waals surface area contributed by atoms with Gasteiger partial charge in [0.05, 0.1) is 9.82 Å². The van der Waals surface area contributed by atoms with Crippen molar-refractivity contribution >= 4 is 39.1 Å². The Kier molecular flexibility index (Phi) is 6.22. The summed E-state index contributed by atoms with van der Waals surface area (Å²) in [4.78, 5) is 11.2. The molecule has 0 unspecified atom stereocenters. The summed E-state index contributed by atoms with van der Waals surface area (Å²) in [6, 6.07) is 11.1. The molecule has 0 saturated carbocycles. The van der Waals surface area contributed by atoms with Crippen molar-refractivity contribution in [1.29, 1.82) is 0 Å². The number of benzene rings is 2. The van der Waals surface area contributed by atoms with E-state index >= 15 is 0 Å². The van der Waals surface area contributed by atoms with E-state index in [2.05, 4.69) is 4.72 Å². The van der Waals surface area contributed by atoms with Crippen LogP contribution >= 0.6 is 23.4 Å². The Morgan fingerprint density at radius 2 is 1.88 bits per heavy atom. The van der Waals surface area contributed by atoms with E-state index in [4.69, 9.17) is 11.6 Å². The number of hydrogen-bond donors (Lipinski definition) is 1. The highest BCUT2D eigenvalue weighted by atomic mass is 35.5. The lowest BCUT2D eigenvalue weighted by Gasteiger charge is -2.07. The third-order valence-corrected chi connectivity index (χ3v) is 5.89. The monoisotopic (exact) mass is 386 g/mol. The highest BCUT2D eigenvalue weighted by molar-refractivity contribution is 7.99. The van der Waals surface area contributed by atoms with E-state index < -0.39 is 14.9 Å². The Morgan fingerprint density at radius 1 is 1.21 bits per heavy atom. The molecule has 0 radical (unpaired) electrons. The smallest absolute Gasteiger partial charge is 0.258 e. The highest BCUT2D eigenvalue weighted by Gasteiger charge is 2.19. The van der Waals surface area contributed by atoms with Crippen LogP contribution in [0.1, 0.15) is 5.56 Å². The summed E-state index contributed by atoms with van der Waals surface area (Å²) in [5.41, 5.74) is 0.200. The fourth-order valence-corrected chi connectivity index (χ4v) is 3.99. The third-order valence-electron chi connectivity index (χ3n) is 3.16. The Labute approximate surface area is 149 Å². The molecule has 0 heterocycles. The molecule has 0 atom stereocenters. The minimum Gasteiger partial charge on any atom is -0.258 e. The SMILES string of the molecule is Cc1ccc(S(=O)(=O)NCCSc2ccc(Cl)cc2)cc1[N+](=O)[O-]. The lowest BCUT2D eigenvalue weighted by Crippen LogP contribution is -2.26. The van der Waals surface area contributed by atoms with Gasteiger partial charge >= 0.3 is 0 Å². The van der Waals surface area contributed by atoms with Crippen LogP contribution in [0.3, 0.4) is 0 Å². The van der Waals surface area contributed by atoms with Gasteiger partial charge in [-0.2, -0.15) is 0 Å². The van der Waals surface area contributed by atoms with E-state index in [9.17, 15) is 18.5 Å². The number of rotatable bonds is 7. The normalized spacial score (nSPS) is 11.4. The number of halogens is 1. The summed E-state index contributed by atoms with van der Waals surface area (Å²) in [6.07, 6.45) is 0. The molecular weight excluding hydrogens is 372 g/mol. The Hall–Kier alpha value is -1.61. The molecule has 24 heavy (non-hydrogen) atoms. The molecular formula is C15H15ClN2O4S2. The lowest BCUT2D eigenvalue weighted by atomic mass is 10.2. The van der Waals surface area contributed by atoms with Gasteiger partial charge in [-0.1, -0.05) is 17.7 Å². The molecule has 2 aromatic carbocycles. The van der Waals surface area contributed by atoms with E-state index in [-0.39, 0.29) is 17.1 Å². The van der Waals surface area contributed by atoms with Crippen LogP contribution in [0, 0.1) is 17.0 Å². The fourth-order valence-electron chi connectivity index (χ4n) is 1.91. The lowest BCUT2D eigenvalue weighted by molar-refractivity contribution is -0.385. The first kappa shape index (κ1) is 18.7. The Morgan fingerprint density at radius 3 is 2.50 bits per heavy atom. The molecule has 0 spiro atoms. The first-order valence-corrected chi connectivity index (χ1v) is 9.77. The minimum atomic E-state index is -3.78. The van der Waals surface area contributed by atoms with Crippen LogP contribution in [0.5, 0.6) is 0 Å². The van der Waals surface area contributed by atoms with Crippen molar-refractivity contribution in [3.05, 3.63) is 63.2 Å². The van der Waals surface area contributed by atoms with Crippen molar-refractivity contribution in [1.82, 2.24) is 4.72 Å². The van der Waals surface area contributed by atoms with Gasteiger partial charge in [-0.15, -0.1) is 11.8 Å². The minimum absolute atomic E-state index is 0.115. The number of nitrogens with zero attached hydrogens (tertiary/aromatic N) is 1. The van der Waals surface area contributed by atoms with E-state index in [1.807, 2.05) is 12.1 Å². The summed E-state index contributed by atoms with van der Waals surface area (Å²) < 4.78 is 26.9. The molecule has 0 aromatic heterocycles. The molecule has 1 N–H and O–H groups in total. The van der Waals surface area contributed by atoms with Crippen LogP contribution < -0.4 is 4.72 Å². The van der Waals surface area contributed by atoms with E-state index in [0.29, 0.717) is 16.3 Å². The second-order valence-corrected chi connectivity index (χ2v) is 8.28. The maximum absolute atomic E-state index is 12.2. The van der Waals surface area contributed by atoms with Crippen LogP contribution in [0.25, 0.3) is 0 Å². The predicted octanol–water partition coefficient (Wildman–Crippen LogP) is 3.63. The van der Waals surface area contributed by atoms with Gasteiger partial charge in [0.2, 0.25) is 10.0 Å². The zero-order valence-electron chi connectivity index (χ0n) is 12.7. The van der Waals surface area contributed by atoms with Gasteiger partial charge in [0.1, 0.15) is 0 Å². The maximum Gasteiger partial charge on any atom is 0.273 e. The van der Waals surface area contributed by atoms with E-state index in [0.717, 1.165) is 11.0 Å². The number of aryl methyl sites for hydroxylation is 1. The number of nitro benzene ring substituents is 1. The summed E-state index contributed by atoms with van der Waals surface area (Å²) in [7, 11) is -3.78. The number of nitrogens with one attached hydrogen (secondary N) is 1. The van der Waals surface area contributed by atoms with E-state index in [1.54, 1.807) is 19.1 Å². The molecule has 0 aliphatic carbocycles. The first-order chi connectivity index (χ1) is 11.3. The van der Waals surface area contributed by atoms with Crippen molar-refractivity contribution in [2.24, 2.45) is 0 Å². The zero-order valence-corrected chi connectivity index (χ0v) is 15.1. The number of hydrogen-bond acceptors (Lipinski definition) is 5. The molecule has 6 nitrogen and oxygen atoms in total. The molecule has 128 valence electrons. The zero-order chi connectivity index (χ0) is 17.7. The number of sulfonamides is 1. The fraction of sp³-hybridized carbons (Fsp3) is 0.200. The molecule has 9 heteroatoms. The van der Waals surface area contributed by atoms with Crippen LogP contribution in [0.2, 0.25) is 5.02 Å². The Bertz CT molecular complexity index is 839. The second kappa shape index (κ2) is 7.98. The first-order valence-electron chi connectivity index (χ1n) is 6.93. The van der Waals surface area contributed by atoms with Crippen LogP contribution in [-0.2, 0) is 10.0 Å².